The monoisotopic (exact) mass is 464 g/mol. The molecule has 3 heterocycles. The predicted molar refractivity (Wildman–Crippen MR) is 128 cm³/mol. The standard InChI is InChI=1S/C27H30F2N4O/c1-18-9-13-33(14-10-18)27-30-25-11-12-32(16-20-15-19(2)3-8-24(20)29)17-23(25)26(31-27)34-22-6-4-21(28)5-7-22/h3-8,15,18H,9-14,16-17H2,1-2H3. The number of fused-ring (bicyclic) bond motifs is 1. The molecule has 3 aromatic rings. The SMILES string of the molecule is Cc1ccc(F)c(CN2CCc3nc(N4CCC(C)CC4)nc(Oc4ccc(F)cc4)c3C2)c1. The minimum atomic E-state index is -0.313. The van der Waals surface area contributed by atoms with Gasteiger partial charge in [-0.3, -0.25) is 4.90 Å². The van der Waals surface area contributed by atoms with Gasteiger partial charge in [-0.2, -0.15) is 4.98 Å². The molecule has 0 atom stereocenters. The van der Waals surface area contributed by atoms with E-state index in [1.165, 1.54) is 18.2 Å². The quantitative estimate of drug-likeness (QED) is 0.488. The van der Waals surface area contributed by atoms with Crippen LogP contribution in [-0.2, 0) is 19.5 Å². The Morgan fingerprint density at radius 1 is 1.00 bits per heavy atom. The van der Waals surface area contributed by atoms with Gasteiger partial charge in [-0.15, -0.1) is 0 Å². The number of halogens is 2. The molecule has 5 rings (SSSR count). The summed E-state index contributed by atoms with van der Waals surface area (Å²) in [5, 5.41) is 0. The third kappa shape index (κ3) is 5.04. The Morgan fingerprint density at radius 3 is 2.53 bits per heavy atom. The lowest BCUT2D eigenvalue weighted by molar-refractivity contribution is 0.235. The number of rotatable bonds is 5. The van der Waals surface area contributed by atoms with Crippen LogP contribution in [0.25, 0.3) is 0 Å². The van der Waals surface area contributed by atoms with Crippen LogP contribution in [0, 0.1) is 24.5 Å². The largest absolute Gasteiger partial charge is 0.438 e. The zero-order valence-corrected chi connectivity index (χ0v) is 19.7. The molecule has 2 aliphatic rings. The van der Waals surface area contributed by atoms with Crippen molar-refractivity contribution < 1.29 is 13.5 Å². The average Bonchev–Trinajstić information content (AvgIpc) is 2.83. The number of piperidine rings is 1. The minimum Gasteiger partial charge on any atom is -0.438 e. The van der Waals surface area contributed by atoms with Gasteiger partial charge >= 0.3 is 0 Å². The van der Waals surface area contributed by atoms with Crippen LogP contribution in [0.1, 0.15) is 42.1 Å². The first-order chi connectivity index (χ1) is 16.4. The van der Waals surface area contributed by atoms with Gasteiger partial charge in [-0.1, -0.05) is 24.6 Å². The maximum absolute atomic E-state index is 14.4. The second kappa shape index (κ2) is 9.66. The van der Waals surface area contributed by atoms with E-state index in [9.17, 15) is 8.78 Å². The smallest absolute Gasteiger partial charge is 0.228 e. The number of aromatic nitrogens is 2. The Bertz CT molecular complexity index is 1160. The van der Waals surface area contributed by atoms with E-state index in [1.807, 2.05) is 13.0 Å². The molecule has 0 radical (unpaired) electrons. The molecule has 5 nitrogen and oxygen atoms in total. The van der Waals surface area contributed by atoms with Crippen LogP contribution in [0.5, 0.6) is 11.6 Å². The lowest BCUT2D eigenvalue weighted by Gasteiger charge is -2.33. The van der Waals surface area contributed by atoms with Gasteiger partial charge in [0, 0.05) is 44.7 Å². The number of ether oxygens (including phenoxy) is 1. The topological polar surface area (TPSA) is 41.5 Å². The highest BCUT2D eigenvalue weighted by atomic mass is 19.1. The van der Waals surface area contributed by atoms with Gasteiger partial charge in [0.2, 0.25) is 11.8 Å². The number of benzene rings is 2. The molecule has 2 aliphatic heterocycles. The lowest BCUT2D eigenvalue weighted by Crippen LogP contribution is -2.36. The van der Waals surface area contributed by atoms with Gasteiger partial charge in [0.1, 0.15) is 17.4 Å². The molecule has 0 aliphatic carbocycles. The Balaban J connectivity index is 1.45. The van der Waals surface area contributed by atoms with Crippen molar-refractivity contribution in [1.82, 2.24) is 14.9 Å². The first-order valence-electron chi connectivity index (χ1n) is 12.0. The van der Waals surface area contributed by atoms with Gasteiger partial charge in [0.15, 0.2) is 0 Å². The van der Waals surface area contributed by atoms with Crippen molar-refractivity contribution in [2.45, 2.75) is 46.2 Å². The van der Waals surface area contributed by atoms with Gasteiger partial charge in [-0.25, -0.2) is 13.8 Å². The second-order valence-corrected chi connectivity index (χ2v) is 9.54. The van der Waals surface area contributed by atoms with Crippen molar-refractivity contribution in [2.75, 3.05) is 24.5 Å². The van der Waals surface area contributed by atoms with Gasteiger partial charge < -0.3 is 9.64 Å². The van der Waals surface area contributed by atoms with Crippen LogP contribution in [0.2, 0.25) is 0 Å². The second-order valence-electron chi connectivity index (χ2n) is 9.54. The van der Waals surface area contributed by atoms with E-state index in [0.717, 1.165) is 55.7 Å². The molecule has 0 N–H and O–H groups in total. The van der Waals surface area contributed by atoms with Crippen molar-refractivity contribution in [2.24, 2.45) is 5.92 Å². The molecule has 1 saturated heterocycles. The zero-order valence-electron chi connectivity index (χ0n) is 19.7. The fourth-order valence-electron chi connectivity index (χ4n) is 4.68. The summed E-state index contributed by atoms with van der Waals surface area (Å²) in [5.41, 5.74) is 3.61. The first kappa shape index (κ1) is 22.7. The molecular formula is C27H30F2N4O. The van der Waals surface area contributed by atoms with E-state index in [2.05, 4.69) is 16.7 Å². The van der Waals surface area contributed by atoms with E-state index < -0.39 is 0 Å². The number of hydrogen-bond donors (Lipinski definition) is 0. The molecule has 0 unspecified atom stereocenters. The summed E-state index contributed by atoms with van der Waals surface area (Å²) in [5.74, 6) is 1.93. The highest BCUT2D eigenvalue weighted by molar-refractivity contribution is 5.44. The maximum Gasteiger partial charge on any atom is 0.228 e. The predicted octanol–water partition coefficient (Wildman–Crippen LogP) is 5.65. The first-order valence-corrected chi connectivity index (χ1v) is 12.0. The van der Waals surface area contributed by atoms with Crippen LogP contribution in [0.3, 0.4) is 0 Å². The lowest BCUT2D eigenvalue weighted by atomic mass is 9.99. The Morgan fingerprint density at radius 2 is 1.76 bits per heavy atom. The molecule has 1 aromatic heterocycles. The summed E-state index contributed by atoms with van der Waals surface area (Å²) < 4.78 is 34.0. The van der Waals surface area contributed by atoms with E-state index in [0.29, 0.717) is 42.1 Å². The maximum atomic E-state index is 14.4. The van der Waals surface area contributed by atoms with Crippen molar-refractivity contribution >= 4 is 5.95 Å². The fraction of sp³-hybridized carbons (Fsp3) is 0.407. The third-order valence-corrected chi connectivity index (χ3v) is 6.78. The van der Waals surface area contributed by atoms with Crippen LogP contribution >= 0.6 is 0 Å². The summed E-state index contributed by atoms with van der Waals surface area (Å²) >= 11 is 0. The normalized spacial score (nSPS) is 17.0. The van der Waals surface area contributed by atoms with Gasteiger partial charge in [-0.05, 0) is 56.0 Å². The van der Waals surface area contributed by atoms with E-state index in [1.54, 1.807) is 18.2 Å². The molecule has 0 bridgehead atoms. The summed E-state index contributed by atoms with van der Waals surface area (Å²) in [6.07, 6.45) is 2.97. The van der Waals surface area contributed by atoms with Crippen LogP contribution in [0.4, 0.5) is 14.7 Å². The fourth-order valence-corrected chi connectivity index (χ4v) is 4.68. The molecule has 0 amide bonds. The molecule has 2 aromatic carbocycles. The summed E-state index contributed by atoms with van der Waals surface area (Å²) in [7, 11) is 0. The Hall–Kier alpha value is -3.06. The average molecular weight is 465 g/mol. The summed E-state index contributed by atoms with van der Waals surface area (Å²) in [4.78, 5) is 14.2. The molecule has 7 heteroatoms. The van der Waals surface area contributed by atoms with Crippen LogP contribution in [0.15, 0.2) is 42.5 Å². The number of anilines is 1. The minimum absolute atomic E-state index is 0.190. The van der Waals surface area contributed by atoms with Crippen LogP contribution < -0.4 is 9.64 Å². The van der Waals surface area contributed by atoms with E-state index in [-0.39, 0.29) is 11.6 Å². The third-order valence-electron chi connectivity index (χ3n) is 6.78. The highest BCUT2D eigenvalue weighted by Crippen LogP contribution is 2.33. The number of aryl methyl sites for hydroxylation is 1. The van der Waals surface area contributed by atoms with E-state index >= 15 is 0 Å². The number of nitrogens with zero attached hydrogens (tertiary/aromatic N) is 4. The molecule has 1 fully saturated rings. The highest BCUT2D eigenvalue weighted by Gasteiger charge is 2.27. The summed E-state index contributed by atoms with van der Waals surface area (Å²) in [6.45, 7) is 7.96. The van der Waals surface area contributed by atoms with Crippen molar-refractivity contribution in [3.05, 3.63) is 76.5 Å². The zero-order chi connectivity index (χ0) is 23.7. The van der Waals surface area contributed by atoms with Crippen LogP contribution in [-0.4, -0.2) is 34.5 Å². The molecule has 178 valence electrons. The van der Waals surface area contributed by atoms with Crippen molar-refractivity contribution in [3.8, 4) is 11.6 Å². The van der Waals surface area contributed by atoms with Gasteiger partial charge in [0.05, 0.1) is 11.3 Å². The molecular weight excluding hydrogens is 434 g/mol. The Labute approximate surface area is 199 Å². The summed E-state index contributed by atoms with van der Waals surface area (Å²) in [6, 6.07) is 11.2. The van der Waals surface area contributed by atoms with Crippen molar-refractivity contribution in [1.29, 1.82) is 0 Å². The van der Waals surface area contributed by atoms with E-state index in [4.69, 9.17) is 14.7 Å². The van der Waals surface area contributed by atoms with Gasteiger partial charge in [0.25, 0.3) is 0 Å². The molecule has 0 spiro atoms. The number of hydrogen-bond acceptors (Lipinski definition) is 5. The van der Waals surface area contributed by atoms with Crippen molar-refractivity contribution in [3.63, 3.8) is 0 Å². The Kier molecular flexibility index (Phi) is 6.46. The molecule has 0 saturated carbocycles. The molecule has 34 heavy (non-hydrogen) atoms.